The number of esters is 1. The Hall–Kier alpha value is -0.610. The first-order valence-electron chi connectivity index (χ1n) is 10.6. The van der Waals surface area contributed by atoms with Crippen molar-refractivity contribution in [1.82, 2.24) is 0 Å². The van der Waals surface area contributed by atoms with E-state index in [1.807, 2.05) is 0 Å². The van der Waals surface area contributed by atoms with Gasteiger partial charge in [0, 0.05) is 6.42 Å². The van der Waals surface area contributed by atoms with Crippen molar-refractivity contribution in [3.63, 3.8) is 0 Å². The van der Waals surface area contributed by atoms with Gasteiger partial charge in [0.05, 0.1) is 0 Å². The summed E-state index contributed by atoms with van der Waals surface area (Å²) in [6.45, 7) is 3.74. The van der Waals surface area contributed by atoms with Crippen LogP contribution in [0.5, 0.6) is 0 Å². The minimum Gasteiger partial charge on any atom is -0.457 e. The van der Waals surface area contributed by atoms with E-state index in [9.17, 15) is 4.79 Å². The van der Waals surface area contributed by atoms with Crippen LogP contribution in [0.1, 0.15) is 117 Å². The molecule has 0 aromatic carbocycles. The molecule has 0 aliphatic heterocycles. The predicted octanol–water partition coefficient (Wildman–Crippen LogP) is 5.49. The second kappa shape index (κ2) is 18.2. The first kappa shape index (κ1) is 24.4. The van der Waals surface area contributed by atoms with Crippen LogP contribution in [0.15, 0.2) is 0 Å². The molecule has 0 aliphatic rings. The molecule has 1 atom stereocenters. The Morgan fingerprint density at radius 1 is 0.720 bits per heavy atom. The molecule has 0 bridgehead atoms. The van der Waals surface area contributed by atoms with E-state index in [0.29, 0.717) is 6.42 Å². The van der Waals surface area contributed by atoms with Gasteiger partial charge < -0.3 is 14.9 Å². The van der Waals surface area contributed by atoms with Crippen LogP contribution in [0.3, 0.4) is 0 Å². The zero-order valence-corrected chi connectivity index (χ0v) is 16.7. The van der Waals surface area contributed by atoms with Gasteiger partial charge in [0.15, 0.2) is 6.29 Å². The summed E-state index contributed by atoms with van der Waals surface area (Å²) in [6.07, 6.45) is 17.4. The van der Waals surface area contributed by atoms with Gasteiger partial charge in [-0.25, -0.2) is 0 Å². The molecule has 150 valence electrons. The molecule has 0 amide bonds. The van der Waals surface area contributed by atoms with Gasteiger partial charge in [-0.1, -0.05) is 96.8 Å². The fourth-order valence-electron chi connectivity index (χ4n) is 2.97. The number of hydrogen-bond acceptors (Lipinski definition) is 4. The number of carbonyl (C=O) groups excluding carboxylic acids is 1. The number of aliphatic hydroxyl groups excluding tert-OH is 1. The van der Waals surface area contributed by atoms with Crippen molar-refractivity contribution in [3.05, 3.63) is 0 Å². The Morgan fingerprint density at radius 2 is 1.08 bits per heavy atom. The van der Waals surface area contributed by atoms with Gasteiger partial charge in [-0.2, -0.15) is 0 Å². The largest absolute Gasteiger partial charge is 0.457 e. The Labute approximate surface area is 155 Å². The molecule has 25 heavy (non-hydrogen) atoms. The van der Waals surface area contributed by atoms with E-state index in [1.54, 1.807) is 0 Å². The van der Waals surface area contributed by atoms with Crippen LogP contribution in [0.25, 0.3) is 0 Å². The van der Waals surface area contributed by atoms with Gasteiger partial charge in [-0.05, 0) is 13.3 Å². The third-order valence-electron chi connectivity index (χ3n) is 4.72. The van der Waals surface area contributed by atoms with E-state index in [-0.39, 0.29) is 5.97 Å². The molecule has 0 rings (SSSR count). The number of aliphatic hydroxyl groups is 2. The maximum absolute atomic E-state index is 11.4. The molecule has 0 aliphatic carbocycles. The van der Waals surface area contributed by atoms with Gasteiger partial charge in [-0.3, -0.25) is 4.79 Å². The van der Waals surface area contributed by atoms with Gasteiger partial charge in [0.2, 0.25) is 0 Å². The topological polar surface area (TPSA) is 66.8 Å². The van der Waals surface area contributed by atoms with Crippen molar-refractivity contribution in [3.8, 4) is 0 Å². The summed E-state index contributed by atoms with van der Waals surface area (Å²) in [5, 5.41) is 17.7. The van der Waals surface area contributed by atoms with Crippen molar-refractivity contribution in [2.24, 2.45) is 0 Å². The van der Waals surface area contributed by atoms with Crippen molar-refractivity contribution >= 4 is 5.97 Å². The molecule has 1 unspecified atom stereocenters. The molecule has 0 heterocycles. The maximum Gasteiger partial charge on any atom is 0.306 e. The Kier molecular flexibility index (Phi) is 17.7. The lowest BCUT2D eigenvalue weighted by molar-refractivity contribution is -0.172. The van der Waals surface area contributed by atoms with Crippen LogP contribution in [0.2, 0.25) is 0 Å². The summed E-state index contributed by atoms with van der Waals surface area (Å²) < 4.78 is 4.89. The summed E-state index contributed by atoms with van der Waals surface area (Å²) in [4.78, 5) is 11.4. The number of carbonyl (C=O) groups is 1. The average molecular weight is 359 g/mol. The van der Waals surface area contributed by atoms with E-state index in [4.69, 9.17) is 14.9 Å². The molecular formula is C21H42O4. The highest BCUT2D eigenvalue weighted by atomic mass is 16.6. The van der Waals surface area contributed by atoms with Crippen molar-refractivity contribution in [2.75, 3.05) is 0 Å². The molecule has 0 aromatic rings. The lowest BCUT2D eigenvalue weighted by atomic mass is 10.0. The third kappa shape index (κ3) is 18.0. The molecule has 0 saturated carbocycles. The summed E-state index contributed by atoms with van der Waals surface area (Å²) >= 11 is 0. The van der Waals surface area contributed by atoms with Crippen LogP contribution in [0.4, 0.5) is 0 Å². The summed E-state index contributed by atoms with van der Waals surface area (Å²) in [5.41, 5.74) is 0. The third-order valence-corrected chi connectivity index (χ3v) is 4.72. The van der Waals surface area contributed by atoms with Crippen molar-refractivity contribution in [2.45, 2.75) is 129 Å². The fraction of sp³-hybridized carbons (Fsp3) is 0.952. The van der Waals surface area contributed by atoms with Gasteiger partial charge in [0.25, 0.3) is 0 Å². The lowest BCUT2D eigenvalue weighted by Crippen LogP contribution is -2.27. The van der Waals surface area contributed by atoms with Crippen LogP contribution in [0, 0.1) is 0 Å². The second-order valence-electron chi connectivity index (χ2n) is 7.31. The minimum absolute atomic E-state index is 0.338. The Morgan fingerprint density at radius 3 is 1.44 bits per heavy atom. The monoisotopic (exact) mass is 358 g/mol. The zero-order valence-electron chi connectivity index (χ0n) is 16.7. The zero-order chi connectivity index (χ0) is 18.8. The van der Waals surface area contributed by atoms with E-state index < -0.39 is 12.4 Å². The van der Waals surface area contributed by atoms with Crippen molar-refractivity contribution in [1.29, 1.82) is 0 Å². The predicted molar refractivity (Wildman–Crippen MR) is 103 cm³/mol. The summed E-state index contributed by atoms with van der Waals surface area (Å²) in [7, 11) is 0. The SMILES string of the molecule is CCCCCCCCCCCCCCCCCC(=O)OC(C)C(O)O. The Balaban J connectivity index is 3.17. The number of hydrogen-bond donors (Lipinski definition) is 2. The fourth-order valence-corrected chi connectivity index (χ4v) is 2.97. The van der Waals surface area contributed by atoms with Crippen LogP contribution >= 0.6 is 0 Å². The smallest absolute Gasteiger partial charge is 0.306 e. The first-order valence-corrected chi connectivity index (χ1v) is 10.6. The van der Waals surface area contributed by atoms with Crippen molar-refractivity contribution < 1.29 is 19.7 Å². The highest BCUT2D eigenvalue weighted by Crippen LogP contribution is 2.14. The molecule has 4 nitrogen and oxygen atoms in total. The summed E-state index contributed by atoms with van der Waals surface area (Å²) in [5.74, 6) is -0.338. The molecule has 0 saturated heterocycles. The highest BCUT2D eigenvalue weighted by molar-refractivity contribution is 5.69. The van der Waals surface area contributed by atoms with Crippen LogP contribution in [-0.4, -0.2) is 28.6 Å². The second-order valence-corrected chi connectivity index (χ2v) is 7.31. The van der Waals surface area contributed by atoms with E-state index in [0.717, 1.165) is 12.8 Å². The summed E-state index contributed by atoms with van der Waals surface area (Å²) in [6, 6.07) is 0. The van der Waals surface area contributed by atoms with E-state index >= 15 is 0 Å². The molecule has 4 heteroatoms. The molecule has 0 spiro atoms. The molecular weight excluding hydrogens is 316 g/mol. The van der Waals surface area contributed by atoms with E-state index in [1.165, 1.54) is 90.4 Å². The quantitative estimate of drug-likeness (QED) is 0.193. The number of ether oxygens (including phenoxy) is 1. The van der Waals surface area contributed by atoms with Crippen LogP contribution in [-0.2, 0) is 9.53 Å². The average Bonchev–Trinajstić information content (AvgIpc) is 2.58. The molecule has 0 radical (unpaired) electrons. The normalized spacial score (nSPS) is 12.5. The lowest BCUT2D eigenvalue weighted by Gasteiger charge is -2.14. The van der Waals surface area contributed by atoms with E-state index in [2.05, 4.69) is 6.92 Å². The maximum atomic E-state index is 11.4. The van der Waals surface area contributed by atoms with Gasteiger partial charge >= 0.3 is 5.97 Å². The molecule has 2 N–H and O–H groups in total. The molecule has 0 fully saturated rings. The first-order chi connectivity index (χ1) is 12.1. The van der Waals surface area contributed by atoms with Gasteiger partial charge in [0.1, 0.15) is 6.10 Å². The number of rotatable bonds is 18. The van der Waals surface area contributed by atoms with Crippen LogP contribution < -0.4 is 0 Å². The Bertz CT molecular complexity index is 292. The highest BCUT2D eigenvalue weighted by Gasteiger charge is 2.15. The minimum atomic E-state index is -1.59. The van der Waals surface area contributed by atoms with Gasteiger partial charge in [-0.15, -0.1) is 0 Å². The molecule has 0 aromatic heterocycles. The number of unbranched alkanes of at least 4 members (excludes halogenated alkanes) is 14. The standard InChI is InChI=1S/C21H42O4/c1-3-4-5-6-7-8-9-10-11-12-13-14-15-16-17-18-20(22)25-19(2)21(23)24/h19,21,23-24H,3-18H2,1-2H3.